The monoisotopic (exact) mass is 466 g/mol. The van der Waals surface area contributed by atoms with Crippen molar-refractivity contribution in [1.82, 2.24) is 20.1 Å². The molecule has 9 nitrogen and oxygen atoms in total. The number of ether oxygens (including phenoxy) is 1. The molecule has 1 fully saturated rings. The van der Waals surface area contributed by atoms with Crippen molar-refractivity contribution in [2.75, 3.05) is 44.7 Å². The highest BCUT2D eigenvalue weighted by molar-refractivity contribution is 5.97. The van der Waals surface area contributed by atoms with Crippen molar-refractivity contribution in [3.8, 4) is 12.1 Å². The van der Waals surface area contributed by atoms with Crippen LogP contribution in [0, 0.1) is 28.6 Å². The molecule has 0 amide bonds. The molecule has 176 valence electrons. The number of nitrogens with zero attached hydrogens (tertiary/aromatic N) is 6. The van der Waals surface area contributed by atoms with Gasteiger partial charge in [-0.25, -0.2) is 4.98 Å². The molecule has 2 aliphatic heterocycles. The molecule has 0 aliphatic carbocycles. The minimum Gasteiger partial charge on any atom is -0.379 e. The summed E-state index contributed by atoms with van der Waals surface area (Å²) in [5, 5.41) is 31.6. The van der Waals surface area contributed by atoms with Crippen LogP contribution in [0.25, 0.3) is 16.6 Å². The maximum atomic E-state index is 10.2. The molecular formula is C26H26N8O. The number of allylic oxidation sites excluding steroid dienone is 1. The van der Waals surface area contributed by atoms with Gasteiger partial charge in [-0.3, -0.25) is 15.0 Å². The summed E-state index contributed by atoms with van der Waals surface area (Å²) >= 11 is 0. The Morgan fingerprint density at radius 2 is 2.06 bits per heavy atom. The number of anilines is 1. The molecule has 3 aromatic rings. The van der Waals surface area contributed by atoms with Crippen LogP contribution < -0.4 is 5.32 Å². The van der Waals surface area contributed by atoms with Gasteiger partial charge in [0, 0.05) is 55.0 Å². The van der Waals surface area contributed by atoms with Crippen LogP contribution in [0.15, 0.2) is 53.3 Å². The van der Waals surface area contributed by atoms with E-state index in [0.29, 0.717) is 17.0 Å². The Hall–Kier alpha value is -4.05. The van der Waals surface area contributed by atoms with Crippen LogP contribution in [-0.2, 0) is 4.74 Å². The van der Waals surface area contributed by atoms with Crippen molar-refractivity contribution in [3.05, 3.63) is 59.4 Å². The molecular weight excluding hydrogens is 440 g/mol. The van der Waals surface area contributed by atoms with E-state index in [0.717, 1.165) is 67.2 Å². The normalized spacial score (nSPS) is 20.8. The number of nitriles is 2. The standard InChI is InChI=1S/C26H26N8O/c1-17-21(14-27)25(18-2-3-23-20(12-18)16-31-33-23)22(15-28)26(32-17)19-4-5-29-24(13-19)30-6-7-34-8-10-35-11-9-34/h2-5,12-13,16,21,25H,6-11H2,1H3,(H,29,30)(H,31,33). The molecule has 2 atom stereocenters. The smallest absolute Gasteiger partial charge is 0.126 e. The van der Waals surface area contributed by atoms with E-state index in [1.54, 1.807) is 12.4 Å². The van der Waals surface area contributed by atoms with E-state index in [2.05, 4.69) is 37.5 Å². The van der Waals surface area contributed by atoms with E-state index >= 15 is 0 Å². The van der Waals surface area contributed by atoms with Crippen LogP contribution >= 0.6 is 0 Å². The van der Waals surface area contributed by atoms with E-state index in [4.69, 9.17) is 9.73 Å². The lowest BCUT2D eigenvalue weighted by atomic mass is 9.76. The Morgan fingerprint density at radius 3 is 2.86 bits per heavy atom. The summed E-state index contributed by atoms with van der Waals surface area (Å²) in [6, 6.07) is 14.4. The van der Waals surface area contributed by atoms with Crippen LogP contribution in [0.1, 0.15) is 24.0 Å². The number of pyridine rings is 1. The Kier molecular flexibility index (Phi) is 6.53. The first-order valence-corrected chi connectivity index (χ1v) is 11.7. The summed E-state index contributed by atoms with van der Waals surface area (Å²) in [7, 11) is 0. The van der Waals surface area contributed by atoms with E-state index < -0.39 is 11.8 Å². The average molecular weight is 467 g/mol. The maximum Gasteiger partial charge on any atom is 0.126 e. The Morgan fingerprint density at radius 1 is 1.20 bits per heavy atom. The van der Waals surface area contributed by atoms with Crippen molar-refractivity contribution in [1.29, 1.82) is 10.5 Å². The molecule has 1 saturated heterocycles. The molecule has 35 heavy (non-hydrogen) atoms. The van der Waals surface area contributed by atoms with Gasteiger partial charge in [0.15, 0.2) is 0 Å². The van der Waals surface area contributed by atoms with Crippen molar-refractivity contribution < 1.29 is 4.74 Å². The molecule has 4 heterocycles. The fraction of sp³-hybridized carbons (Fsp3) is 0.346. The second kappa shape index (κ2) is 10.1. The number of morpholine rings is 1. The lowest BCUT2D eigenvalue weighted by Crippen LogP contribution is -2.39. The first-order valence-electron chi connectivity index (χ1n) is 11.7. The second-order valence-electron chi connectivity index (χ2n) is 8.74. The summed E-state index contributed by atoms with van der Waals surface area (Å²) < 4.78 is 5.41. The van der Waals surface area contributed by atoms with Crippen molar-refractivity contribution in [2.24, 2.45) is 10.9 Å². The highest BCUT2D eigenvalue weighted by Gasteiger charge is 2.35. The highest BCUT2D eigenvalue weighted by atomic mass is 16.5. The summed E-state index contributed by atoms with van der Waals surface area (Å²) in [6.07, 6.45) is 3.47. The molecule has 2 aromatic heterocycles. The maximum absolute atomic E-state index is 10.2. The molecule has 0 spiro atoms. The van der Waals surface area contributed by atoms with Gasteiger partial charge in [0.25, 0.3) is 0 Å². The molecule has 2 N–H and O–H groups in total. The lowest BCUT2D eigenvalue weighted by Gasteiger charge is -2.28. The predicted molar refractivity (Wildman–Crippen MR) is 134 cm³/mol. The number of fused-ring (bicyclic) bond motifs is 1. The van der Waals surface area contributed by atoms with Gasteiger partial charge in [-0.15, -0.1) is 0 Å². The second-order valence-corrected chi connectivity index (χ2v) is 8.74. The van der Waals surface area contributed by atoms with Gasteiger partial charge < -0.3 is 10.1 Å². The number of aliphatic imine (C=N–C) groups is 1. The van der Waals surface area contributed by atoms with Gasteiger partial charge in [-0.1, -0.05) is 6.07 Å². The van der Waals surface area contributed by atoms with Gasteiger partial charge >= 0.3 is 0 Å². The highest BCUT2D eigenvalue weighted by Crippen LogP contribution is 2.42. The fourth-order valence-electron chi connectivity index (χ4n) is 4.73. The number of aromatic nitrogens is 3. The first-order chi connectivity index (χ1) is 17.2. The summed E-state index contributed by atoms with van der Waals surface area (Å²) in [5.74, 6) is -0.208. The molecule has 2 aliphatic rings. The van der Waals surface area contributed by atoms with Gasteiger partial charge in [0.05, 0.1) is 54.3 Å². The summed E-state index contributed by atoms with van der Waals surface area (Å²) in [5.41, 5.74) is 4.37. The van der Waals surface area contributed by atoms with E-state index in [9.17, 15) is 10.5 Å². The summed E-state index contributed by atoms with van der Waals surface area (Å²) in [6.45, 7) is 6.94. The minimum absolute atomic E-state index is 0.414. The molecule has 9 heteroatoms. The minimum atomic E-state index is -0.522. The van der Waals surface area contributed by atoms with Gasteiger partial charge in [-0.2, -0.15) is 15.6 Å². The van der Waals surface area contributed by atoms with E-state index in [1.807, 2.05) is 37.3 Å². The van der Waals surface area contributed by atoms with Crippen LogP contribution in [0.2, 0.25) is 0 Å². The van der Waals surface area contributed by atoms with Gasteiger partial charge in [0.1, 0.15) is 5.82 Å². The fourth-order valence-corrected chi connectivity index (χ4v) is 4.73. The van der Waals surface area contributed by atoms with Crippen LogP contribution in [0.3, 0.4) is 0 Å². The third kappa shape index (κ3) is 4.65. The quantitative estimate of drug-likeness (QED) is 0.570. The number of aromatic amines is 1. The molecule has 0 radical (unpaired) electrons. The van der Waals surface area contributed by atoms with Crippen LogP contribution in [0.5, 0.6) is 0 Å². The summed E-state index contributed by atoms with van der Waals surface area (Å²) in [4.78, 5) is 11.5. The average Bonchev–Trinajstić information content (AvgIpc) is 3.37. The predicted octanol–water partition coefficient (Wildman–Crippen LogP) is 3.33. The van der Waals surface area contributed by atoms with E-state index in [1.165, 1.54) is 0 Å². The van der Waals surface area contributed by atoms with Crippen molar-refractivity contribution >= 4 is 28.1 Å². The van der Waals surface area contributed by atoms with Gasteiger partial charge in [-0.05, 0) is 36.8 Å². The first kappa shape index (κ1) is 22.7. The molecule has 1 aromatic carbocycles. The molecule has 0 saturated carbocycles. The Labute approximate surface area is 203 Å². The number of hydrogen-bond donors (Lipinski definition) is 2. The third-order valence-electron chi connectivity index (χ3n) is 6.59. The number of rotatable bonds is 6. The lowest BCUT2D eigenvalue weighted by molar-refractivity contribution is 0.0398. The Balaban J connectivity index is 1.46. The zero-order valence-electron chi connectivity index (χ0n) is 19.5. The zero-order chi connectivity index (χ0) is 24.2. The number of benzene rings is 1. The van der Waals surface area contributed by atoms with Gasteiger partial charge in [0.2, 0.25) is 0 Å². The van der Waals surface area contributed by atoms with Crippen LogP contribution in [0.4, 0.5) is 5.82 Å². The number of H-pyrrole nitrogens is 1. The topological polar surface area (TPSA) is 126 Å². The Bertz CT molecular complexity index is 1370. The number of nitrogens with one attached hydrogen (secondary N) is 2. The third-order valence-corrected chi connectivity index (χ3v) is 6.59. The van der Waals surface area contributed by atoms with Crippen molar-refractivity contribution in [3.63, 3.8) is 0 Å². The zero-order valence-corrected chi connectivity index (χ0v) is 19.5. The molecule has 0 bridgehead atoms. The van der Waals surface area contributed by atoms with Crippen LogP contribution in [-0.4, -0.2) is 65.2 Å². The SMILES string of the molecule is CC1=NC(c2ccnc(NCCN3CCOCC3)c2)=C(C#N)C(c2ccc3[nH]ncc3c2)C1C#N. The molecule has 5 rings (SSSR count). The molecule has 2 unspecified atom stereocenters. The van der Waals surface area contributed by atoms with Crippen molar-refractivity contribution in [2.45, 2.75) is 12.8 Å². The largest absolute Gasteiger partial charge is 0.379 e. The van der Waals surface area contributed by atoms with E-state index in [-0.39, 0.29) is 0 Å². The number of hydrogen-bond acceptors (Lipinski definition) is 8.